The van der Waals surface area contributed by atoms with Crippen molar-refractivity contribution in [3.63, 3.8) is 0 Å². The normalized spacial score (nSPS) is 33.3. The lowest BCUT2D eigenvalue weighted by atomic mass is 9.94. The van der Waals surface area contributed by atoms with E-state index in [-0.39, 0.29) is 12.1 Å². The Bertz CT molecular complexity index is 533. The maximum atomic E-state index is 10.3. The van der Waals surface area contributed by atoms with Crippen molar-refractivity contribution in [3.8, 4) is 0 Å². The zero-order valence-electron chi connectivity index (χ0n) is 11.6. The number of amidine groups is 1. The summed E-state index contributed by atoms with van der Waals surface area (Å²) in [6.45, 7) is 7.04. The standard InChI is InChI=1S/C13H20N6O/c1-3-8-9-10(18-17-8)15-12(14)16-11(9)19-6-4-5-13(2,20)7-19/h3,10,17-18,20H,1,4-7H2,2H3,(H2,14,15)/t10?,13-/m0/s1. The Morgan fingerprint density at radius 3 is 3.10 bits per heavy atom. The molecule has 0 amide bonds. The van der Waals surface area contributed by atoms with Crippen molar-refractivity contribution in [1.29, 1.82) is 0 Å². The Morgan fingerprint density at radius 1 is 1.60 bits per heavy atom. The fourth-order valence-electron chi connectivity index (χ4n) is 2.91. The zero-order valence-corrected chi connectivity index (χ0v) is 11.6. The summed E-state index contributed by atoms with van der Waals surface area (Å²) in [6.07, 6.45) is 3.21. The maximum Gasteiger partial charge on any atom is 0.219 e. The molecule has 0 aromatic carbocycles. The van der Waals surface area contributed by atoms with Gasteiger partial charge in [0.25, 0.3) is 0 Å². The number of hydrogen-bond donors (Lipinski definition) is 4. The molecule has 5 N–H and O–H groups in total. The first-order chi connectivity index (χ1) is 9.50. The second-order valence-corrected chi connectivity index (χ2v) is 5.65. The van der Waals surface area contributed by atoms with Crippen LogP contribution in [0.15, 0.2) is 33.9 Å². The number of rotatable bonds is 1. The number of allylic oxidation sites excluding steroid dienone is 1. The third-order valence-corrected chi connectivity index (χ3v) is 3.81. The first kappa shape index (κ1) is 13.1. The van der Waals surface area contributed by atoms with E-state index in [2.05, 4.69) is 32.3 Å². The highest BCUT2D eigenvalue weighted by Gasteiger charge is 2.37. The number of hydrazine groups is 1. The monoisotopic (exact) mass is 276 g/mol. The molecule has 0 bridgehead atoms. The van der Waals surface area contributed by atoms with E-state index >= 15 is 0 Å². The van der Waals surface area contributed by atoms with Gasteiger partial charge in [-0.2, -0.15) is 4.99 Å². The minimum atomic E-state index is -0.700. The molecule has 3 aliphatic heterocycles. The van der Waals surface area contributed by atoms with Crippen LogP contribution in [0, 0.1) is 0 Å². The number of nitrogens with two attached hydrogens (primary N) is 1. The second kappa shape index (κ2) is 4.60. The van der Waals surface area contributed by atoms with Gasteiger partial charge in [-0.15, -0.1) is 0 Å². The molecule has 0 aromatic rings. The van der Waals surface area contributed by atoms with E-state index < -0.39 is 5.60 Å². The van der Waals surface area contributed by atoms with E-state index in [0.29, 0.717) is 6.54 Å². The van der Waals surface area contributed by atoms with Crippen molar-refractivity contribution in [2.45, 2.75) is 31.5 Å². The molecule has 3 heterocycles. The Balaban J connectivity index is 1.97. The van der Waals surface area contributed by atoms with Crippen LogP contribution in [0.4, 0.5) is 0 Å². The minimum Gasteiger partial charge on any atom is -0.388 e. The van der Waals surface area contributed by atoms with Gasteiger partial charge >= 0.3 is 0 Å². The van der Waals surface area contributed by atoms with E-state index in [1.165, 1.54) is 0 Å². The lowest BCUT2D eigenvalue weighted by Gasteiger charge is -2.39. The van der Waals surface area contributed by atoms with E-state index in [9.17, 15) is 5.11 Å². The summed E-state index contributed by atoms with van der Waals surface area (Å²) in [4.78, 5) is 10.7. The zero-order chi connectivity index (χ0) is 14.3. The molecule has 0 radical (unpaired) electrons. The van der Waals surface area contributed by atoms with Gasteiger partial charge in [-0.1, -0.05) is 6.58 Å². The molecule has 20 heavy (non-hydrogen) atoms. The molecule has 0 aliphatic carbocycles. The Labute approximate surface area is 117 Å². The van der Waals surface area contributed by atoms with Gasteiger partial charge in [0.2, 0.25) is 5.96 Å². The van der Waals surface area contributed by atoms with Crippen LogP contribution in [0.2, 0.25) is 0 Å². The average Bonchev–Trinajstić information content (AvgIpc) is 2.79. The van der Waals surface area contributed by atoms with Crippen molar-refractivity contribution in [2.24, 2.45) is 15.7 Å². The molecular weight excluding hydrogens is 256 g/mol. The second-order valence-electron chi connectivity index (χ2n) is 5.65. The van der Waals surface area contributed by atoms with Crippen LogP contribution in [-0.4, -0.2) is 46.7 Å². The number of piperidine rings is 1. The van der Waals surface area contributed by atoms with Crippen molar-refractivity contribution in [1.82, 2.24) is 15.8 Å². The first-order valence-electron chi connectivity index (χ1n) is 6.78. The van der Waals surface area contributed by atoms with Crippen molar-refractivity contribution in [3.05, 3.63) is 23.9 Å². The lowest BCUT2D eigenvalue weighted by Crippen LogP contribution is -2.51. The number of nitrogens with zero attached hydrogens (tertiary/aromatic N) is 3. The Kier molecular flexibility index (Phi) is 3.02. The van der Waals surface area contributed by atoms with E-state index in [0.717, 1.165) is 36.5 Å². The van der Waals surface area contributed by atoms with Crippen LogP contribution < -0.4 is 16.6 Å². The summed E-state index contributed by atoms with van der Waals surface area (Å²) in [5.41, 5.74) is 13.0. The van der Waals surface area contributed by atoms with Crippen molar-refractivity contribution >= 4 is 11.8 Å². The van der Waals surface area contributed by atoms with Crippen LogP contribution in [0.25, 0.3) is 0 Å². The third-order valence-electron chi connectivity index (χ3n) is 3.81. The van der Waals surface area contributed by atoms with Crippen molar-refractivity contribution < 1.29 is 5.11 Å². The lowest BCUT2D eigenvalue weighted by molar-refractivity contribution is 0.00571. The molecule has 108 valence electrons. The summed E-state index contributed by atoms with van der Waals surface area (Å²) < 4.78 is 0. The van der Waals surface area contributed by atoms with Gasteiger partial charge in [-0.05, 0) is 25.8 Å². The Morgan fingerprint density at radius 2 is 2.40 bits per heavy atom. The van der Waals surface area contributed by atoms with Gasteiger partial charge in [0.05, 0.1) is 16.9 Å². The third kappa shape index (κ3) is 2.19. The summed E-state index contributed by atoms with van der Waals surface area (Å²) in [5.74, 6) is 1.02. The number of fused-ring (bicyclic) bond motifs is 1. The highest BCUT2D eigenvalue weighted by molar-refractivity contribution is 6.09. The highest BCUT2D eigenvalue weighted by Crippen LogP contribution is 2.27. The van der Waals surface area contributed by atoms with Gasteiger partial charge < -0.3 is 21.2 Å². The summed E-state index contributed by atoms with van der Waals surface area (Å²) in [6, 6.07) is 0. The van der Waals surface area contributed by atoms with Gasteiger partial charge in [0.15, 0.2) is 6.17 Å². The SMILES string of the molecule is C=CC1=C2C(N3CCC[C@](C)(O)C3)=NC(N)=NC2NN1. The van der Waals surface area contributed by atoms with Crippen LogP contribution in [0.5, 0.6) is 0 Å². The largest absolute Gasteiger partial charge is 0.388 e. The summed E-state index contributed by atoms with van der Waals surface area (Å²) in [7, 11) is 0. The fraction of sp³-hybridized carbons (Fsp3) is 0.538. The van der Waals surface area contributed by atoms with E-state index in [1.807, 2.05) is 6.92 Å². The van der Waals surface area contributed by atoms with Crippen LogP contribution in [0.1, 0.15) is 19.8 Å². The highest BCUT2D eigenvalue weighted by atomic mass is 16.3. The molecule has 1 fully saturated rings. The van der Waals surface area contributed by atoms with Crippen LogP contribution in [-0.2, 0) is 0 Å². The average molecular weight is 276 g/mol. The molecule has 1 unspecified atom stereocenters. The molecule has 2 atom stereocenters. The number of aliphatic hydroxyl groups is 1. The van der Waals surface area contributed by atoms with Crippen LogP contribution >= 0.6 is 0 Å². The van der Waals surface area contributed by atoms with Crippen molar-refractivity contribution in [2.75, 3.05) is 13.1 Å². The molecule has 0 saturated carbocycles. The topological polar surface area (TPSA) is 98.3 Å². The predicted molar refractivity (Wildman–Crippen MR) is 77.8 cm³/mol. The molecule has 7 nitrogen and oxygen atoms in total. The molecule has 0 aromatic heterocycles. The number of guanidine groups is 1. The first-order valence-corrected chi connectivity index (χ1v) is 6.78. The number of aliphatic imine (C=N–C) groups is 2. The molecule has 0 spiro atoms. The van der Waals surface area contributed by atoms with Gasteiger partial charge in [0, 0.05) is 13.1 Å². The predicted octanol–water partition coefficient (Wildman–Crippen LogP) is -0.566. The number of hydrogen-bond acceptors (Lipinski definition) is 7. The summed E-state index contributed by atoms with van der Waals surface area (Å²) >= 11 is 0. The quantitative estimate of drug-likeness (QED) is 0.514. The maximum absolute atomic E-state index is 10.3. The van der Waals surface area contributed by atoms with Gasteiger partial charge in [-0.25, -0.2) is 10.4 Å². The van der Waals surface area contributed by atoms with Gasteiger partial charge in [-0.3, -0.25) is 0 Å². The summed E-state index contributed by atoms with van der Waals surface area (Å²) in [5, 5.41) is 10.3. The smallest absolute Gasteiger partial charge is 0.219 e. The Hall–Kier alpha value is -1.86. The molecule has 7 heteroatoms. The molecular formula is C13H20N6O. The number of likely N-dealkylation sites (tertiary alicyclic amines) is 1. The number of nitrogens with one attached hydrogen (secondary N) is 2. The number of β-amino-alcohol motifs (C(OH)–C–C–N with tert-alkyl or cyclic N) is 1. The molecule has 3 aliphatic rings. The molecule has 1 saturated heterocycles. The van der Waals surface area contributed by atoms with Gasteiger partial charge in [0.1, 0.15) is 5.84 Å². The van der Waals surface area contributed by atoms with E-state index in [1.54, 1.807) is 6.08 Å². The van der Waals surface area contributed by atoms with Crippen LogP contribution in [0.3, 0.4) is 0 Å². The minimum absolute atomic E-state index is 0.248. The molecule has 3 rings (SSSR count). The van der Waals surface area contributed by atoms with E-state index in [4.69, 9.17) is 5.73 Å². The fourth-order valence-corrected chi connectivity index (χ4v) is 2.91.